The van der Waals surface area contributed by atoms with E-state index in [0.717, 1.165) is 17.1 Å². The van der Waals surface area contributed by atoms with Gasteiger partial charge in [-0.2, -0.15) is 4.98 Å². The van der Waals surface area contributed by atoms with E-state index in [1.54, 1.807) is 12.1 Å². The molecule has 2 N–H and O–H groups in total. The Bertz CT molecular complexity index is 693. The first kappa shape index (κ1) is 16.2. The minimum atomic E-state index is -0.406. The van der Waals surface area contributed by atoms with Gasteiger partial charge < -0.3 is 15.4 Å². The molecule has 0 bridgehead atoms. The van der Waals surface area contributed by atoms with Gasteiger partial charge in [-0.25, -0.2) is 4.98 Å². The molecular formula is C15H17N5O3. The number of nitrogens with zero attached hydrogens (tertiary/aromatic N) is 3. The number of aromatic nitrogens is 2. The molecule has 0 radical (unpaired) electrons. The van der Waals surface area contributed by atoms with Crippen LogP contribution >= 0.6 is 0 Å². The van der Waals surface area contributed by atoms with Crippen LogP contribution in [-0.4, -0.2) is 28.2 Å². The van der Waals surface area contributed by atoms with Gasteiger partial charge in [-0.3, -0.25) is 10.1 Å². The van der Waals surface area contributed by atoms with Gasteiger partial charge in [-0.1, -0.05) is 12.1 Å². The Morgan fingerprint density at radius 2 is 2.13 bits per heavy atom. The zero-order chi connectivity index (χ0) is 16.7. The second-order valence-electron chi connectivity index (χ2n) is 4.46. The molecule has 1 aromatic heterocycles. The normalized spacial score (nSPS) is 11.3. The first-order chi connectivity index (χ1) is 11.2. The van der Waals surface area contributed by atoms with Crippen molar-refractivity contribution in [2.24, 2.45) is 0 Å². The van der Waals surface area contributed by atoms with Gasteiger partial charge in [0.05, 0.1) is 18.2 Å². The molecule has 0 saturated carbocycles. The highest BCUT2D eigenvalue weighted by Gasteiger charge is 2.17. The third-order valence-corrected chi connectivity index (χ3v) is 3.08. The molecule has 8 nitrogen and oxygen atoms in total. The Kier molecular flexibility index (Phi) is 5.45. The number of nitro benzene ring substituents is 1. The summed E-state index contributed by atoms with van der Waals surface area (Å²) in [5, 5.41) is 16.9. The summed E-state index contributed by atoms with van der Waals surface area (Å²) in [5.41, 5.74) is 1.68. The standard InChI is InChI=1S/C13H13N5O3.C2H4/c19-18(20)10-3-1-2-9(6-10)4-5-21-13-11-12(15-7-14-11)16-8-17-13;1-2/h1-3,6,8,14H,4-5,7H2,(H,15,16,17);1-2H2. The van der Waals surface area contributed by atoms with Crippen LogP contribution in [0.15, 0.2) is 43.8 Å². The van der Waals surface area contributed by atoms with Crippen LogP contribution in [0.1, 0.15) is 5.56 Å². The van der Waals surface area contributed by atoms with Crippen molar-refractivity contribution in [3.05, 3.63) is 59.4 Å². The molecular weight excluding hydrogens is 298 g/mol. The molecule has 0 spiro atoms. The molecule has 0 fully saturated rings. The molecule has 0 saturated heterocycles. The molecule has 0 amide bonds. The van der Waals surface area contributed by atoms with Crippen molar-refractivity contribution in [1.29, 1.82) is 0 Å². The second kappa shape index (κ2) is 7.74. The van der Waals surface area contributed by atoms with E-state index in [-0.39, 0.29) is 5.69 Å². The van der Waals surface area contributed by atoms with Crippen molar-refractivity contribution < 1.29 is 9.66 Å². The summed E-state index contributed by atoms with van der Waals surface area (Å²) in [5.74, 6) is 1.20. The minimum Gasteiger partial charge on any atom is -0.476 e. The zero-order valence-corrected chi connectivity index (χ0v) is 12.5. The van der Waals surface area contributed by atoms with Crippen molar-refractivity contribution >= 4 is 17.2 Å². The smallest absolute Gasteiger partial charge is 0.269 e. The summed E-state index contributed by atoms with van der Waals surface area (Å²) in [7, 11) is 0. The van der Waals surface area contributed by atoms with Gasteiger partial charge in [-0.05, 0) is 5.56 Å². The van der Waals surface area contributed by atoms with Crippen LogP contribution in [-0.2, 0) is 6.42 Å². The van der Waals surface area contributed by atoms with Gasteiger partial charge in [0.2, 0.25) is 5.88 Å². The van der Waals surface area contributed by atoms with Crippen molar-refractivity contribution in [3.8, 4) is 5.88 Å². The fraction of sp³-hybridized carbons (Fsp3) is 0.200. The summed E-state index contributed by atoms with van der Waals surface area (Å²) in [6, 6.07) is 6.52. The Morgan fingerprint density at radius 3 is 2.91 bits per heavy atom. The average molecular weight is 315 g/mol. The molecule has 2 heterocycles. The molecule has 2 aromatic rings. The predicted molar refractivity (Wildman–Crippen MR) is 87.7 cm³/mol. The third-order valence-electron chi connectivity index (χ3n) is 3.08. The monoisotopic (exact) mass is 315 g/mol. The summed E-state index contributed by atoms with van der Waals surface area (Å²) >= 11 is 0. The van der Waals surface area contributed by atoms with Gasteiger partial charge in [0.25, 0.3) is 5.69 Å². The van der Waals surface area contributed by atoms with E-state index in [2.05, 4.69) is 33.8 Å². The summed E-state index contributed by atoms with van der Waals surface area (Å²) in [6.45, 7) is 6.97. The molecule has 0 atom stereocenters. The van der Waals surface area contributed by atoms with Crippen LogP contribution in [0.25, 0.3) is 0 Å². The van der Waals surface area contributed by atoms with E-state index in [9.17, 15) is 10.1 Å². The van der Waals surface area contributed by atoms with Crippen molar-refractivity contribution in [2.75, 3.05) is 23.9 Å². The SMILES string of the molecule is C=C.O=[N+]([O-])c1cccc(CCOc2ncnc3c2NCN3)c1. The van der Waals surface area contributed by atoms with Gasteiger partial charge in [0.1, 0.15) is 12.0 Å². The number of non-ortho nitro benzene ring substituents is 1. The average Bonchev–Trinajstić information content (AvgIpc) is 3.06. The minimum absolute atomic E-state index is 0.0845. The maximum absolute atomic E-state index is 10.7. The highest BCUT2D eigenvalue weighted by Crippen LogP contribution is 2.31. The van der Waals surface area contributed by atoms with E-state index in [0.29, 0.717) is 25.6 Å². The first-order valence-corrected chi connectivity index (χ1v) is 6.93. The van der Waals surface area contributed by atoms with Crippen LogP contribution < -0.4 is 15.4 Å². The Balaban J connectivity index is 0.000000924. The molecule has 0 unspecified atom stereocenters. The molecule has 23 heavy (non-hydrogen) atoms. The van der Waals surface area contributed by atoms with Crippen molar-refractivity contribution in [2.45, 2.75) is 6.42 Å². The number of hydrogen-bond donors (Lipinski definition) is 2. The van der Waals surface area contributed by atoms with Crippen LogP contribution in [0.2, 0.25) is 0 Å². The van der Waals surface area contributed by atoms with Crippen molar-refractivity contribution in [1.82, 2.24) is 9.97 Å². The number of hydrogen-bond acceptors (Lipinski definition) is 7. The lowest BCUT2D eigenvalue weighted by Gasteiger charge is -2.08. The number of rotatable bonds is 5. The predicted octanol–water partition coefficient (Wildman–Crippen LogP) is 2.60. The van der Waals surface area contributed by atoms with E-state index >= 15 is 0 Å². The van der Waals surface area contributed by atoms with E-state index in [1.807, 2.05) is 6.07 Å². The van der Waals surface area contributed by atoms with Gasteiger partial charge in [0.15, 0.2) is 5.82 Å². The maximum atomic E-state index is 10.7. The van der Waals surface area contributed by atoms with Gasteiger partial charge in [0, 0.05) is 18.6 Å². The summed E-state index contributed by atoms with van der Waals surface area (Å²) < 4.78 is 5.63. The van der Waals surface area contributed by atoms with Crippen molar-refractivity contribution in [3.63, 3.8) is 0 Å². The molecule has 1 aliphatic heterocycles. The van der Waals surface area contributed by atoms with Crippen LogP contribution in [0.3, 0.4) is 0 Å². The number of fused-ring (bicyclic) bond motifs is 1. The molecule has 0 aliphatic carbocycles. The number of nitrogens with one attached hydrogen (secondary N) is 2. The van der Waals surface area contributed by atoms with E-state index in [4.69, 9.17) is 4.74 Å². The number of ether oxygens (including phenoxy) is 1. The Hall–Kier alpha value is -3.16. The van der Waals surface area contributed by atoms with E-state index in [1.165, 1.54) is 12.4 Å². The number of nitro groups is 1. The maximum Gasteiger partial charge on any atom is 0.269 e. The first-order valence-electron chi connectivity index (χ1n) is 6.93. The highest BCUT2D eigenvalue weighted by atomic mass is 16.6. The molecule has 1 aromatic carbocycles. The van der Waals surface area contributed by atoms with Crippen LogP contribution in [0.4, 0.5) is 17.2 Å². The molecule has 120 valence electrons. The highest BCUT2D eigenvalue weighted by molar-refractivity contribution is 5.73. The second-order valence-corrected chi connectivity index (χ2v) is 4.46. The lowest BCUT2D eigenvalue weighted by atomic mass is 10.1. The zero-order valence-electron chi connectivity index (χ0n) is 12.5. The van der Waals surface area contributed by atoms with Gasteiger partial charge in [-0.15, -0.1) is 13.2 Å². The third kappa shape index (κ3) is 3.94. The largest absolute Gasteiger partial charge is 0.476 e. The van der Waals surface area contributed by atoms with Gasteiger partial charge >= 0.3 is 0 Å². The quantitative estimate of drug-likeness (QED) is 0.496. The fourth-order valence-electron chi connectivity index (χ4n) is 2.08. The molecule has 3 rings (SSSR count). The van der Waals surface area contributed by atoms with Crippen LogP contribution in [0, 0.1) is 10.1 Å². The fourth-order valence-corrected chi connectivity index (χ4v) is 2.08. The van der Waals surface area contributed by atoms with Crippen LogP contribution in [0.5, 0.6) is 5.88 Å². The topological polar surface area (TPSA) is 102 Å². The molecule has 8 heteroatoms. The lowest BCUT2D eigenvalue weighted by molar-refractivity contribution is -0.384. The number of anilines is 2. The summed E-state index contributed by atoms with van der Waals surface area (Å²) in [4.78, 5) is 18.5. The van der Waals surface area contributed by atoms with E-state index < -0.39 is 4.92 Å². The Morgan fingerprint density at radius 1 is 1.30 bits per heavy atom. The summed E-state index contributed by atoms with van der Waals surface area (Å²) in [6.07, 6.45) is 2.00. The lowest BCUT2D eigenvalue weighted by Crippen LogP contribution is -2.05. The Labute approximate surface area is 133 Å². The molecule has 1 aliphatic rings. The number of benzene rings is 1.